The lowest BCUT2D eigenvalue weighted by atomic mass is 10.1. The van der Waals surface area contributed by atoms with Crippen LogP contribution in [-0.2, 0) is 9.53 Å². The largest absolute Gasteiger partial charge is 0.479 e. The number of aliphatic carboxylic acids is 1. The molecule has 0 aliphatic heterocycles. The van der Waals surface area contributed by atoms with Gasteiger partial charge in [-0.2, -0.15) is 0 Å². The Morgan fingerprint density at radius 1 is 1.54 bits per heavy atom. The quantitative estimate of drug-likeness (QED) is 0.771. The van der Waals surface area contributed by atoms with Gasteiger partial charge >= 0.3 is 5.97 Å². The summed E-state index contributed by atoms with van der Waals surface area (Å²) in [4.78, 5) is 10.7. The maximum atomic E-state index is 10.7. The summed E-state index contributed by atoms with van der Waals surface area (Å²) in [5, 5.41) is 8.79. The van der Waals surface area contributed by atoms with E-state index in [0.717, 1.165) is 5.56 Å². The molecule has 3 heteroatoms. The lowest BCUT2D eigenvalue weighted by Gasteiger charge is -2.10. The Kier molecular flexibility index (Phi) is 3.03. The van der Waals surface area contributed by atoms with Crippen LogP contribution >= 0.6 is 0 Å². The van der Waals surface area contributed by atoms with Crippen LogP contribution in [0, 0.1) is 6.92 Å². The first-order chi connectivity index (χ1) is 6.15. The summed E-state index contributed by atoms with van der Waals surface area (Å²) in [7, 11) is 1.39. The number of benzene rings is 1. The number of hydrogen-bond acceptors (Lipinski definition) is 2. The van der Waals surface area contributed by atoms with Crippen LogP contribution in [0.5, 0.6) is 0 Å². The zero-order chi connectivity index (χ0) is 9.84. The highest BCUT2D eigenvalue weighted by Gasteiger charge is 2.18. The number of rotatable bonds is 3. The molecule has 3 nitrogen and oxygen atoms in total. The molecule has 0 amide bonds. The lowest BCUT2D eigenvalue weighted by Crippen LogP contribution is -2.13. The van der Waals surface area contributed by atoms with Crippen LogP contribution in [0.2, 0.25) is 0 Å². The van der Waals surface area contributed by atoms with Gasteiger partial charge in [-0.25, -0.2) is 4.79 Å². The number of aryl methyl sites for hydroxylation is 1. The van der Waals surface area contributed by atoms with E-state index in [0.29, 0.717) is 5.56 Å². The maximum Gasteiger partial charge on any atom is 0.337 e. The summed E-state index contributed by atoms with van der Waals surface area (Å²) < 4.78 is 4.85. The van der Waals surface area contributed by atoms with E-state index in [9.17, 15) is 4.79 Å². The molecule has 70 valence electrons. The van der Waals surface area contributed by atoms with E-state index in [1.54, 1.807) is 6.07 Å². The molecule has 1 N–H and O–H groups in total. The molecular weight excluding hydrogens is 168 g/mol. The van der Waals surface area contributed by atoms with Gasteiger partial charge in [0.25, 0.3) is 0 Å². The zero-order valence-corrected chi connectivity index (χ0v) is 7.65. The van der Waals surface area contributed by atoms with Gasteiger partial charge in [-0.15, -0.1) is 0 Å². The summed E-state index contributed by atoms with van der Waals surface area (Å²) in [6.45, 7) is 1.91. The Hall–Kier alpha value is -1.35. The molecule has 1 rings (SSSR count). The highest BCUT2D eigenvalue weighted by Crippen LogP contribution is 2.17. The molecule has 0 spiro atoms. The highest BCUT2D eigenvalue weighted by molar-refractivity contribution is 5.74. The minimum atomic E-state index is -0.965. The molecule has 0 fully saturated rings. The second-order valence-electron chi connectivity index (χ2n) is 2.87. The van der Waals surface area contributed by atoms with Crippen molar-refractivity contribution in [1.82, 2.24) is 0 Å². The van der Waals surface area contributed by atoms with Crippen molar-refractivity contribution in [2.75, 3.05) is 7.11 Å². The third-order valence-electron chi connectivity index (χ3n) is 1.80. The van der Waals surface area contributed by atoms with E-state index in [4.69, 9.17) is 9.84 Å². The molecule has 0 heterocycles. The predicted octanol–water partition coefficient (Wildman–Crippen LogP) is 1.77. The monoisotopic (exact) mass is 180 g/mol. The molecule has 1 atom stereocenters. The van der Waals surface area contributed by atoms with Gasteiger partial charge in [-0.3, -0.25) is 0 Å². The van der Waals surface area contributed by atoms with Gasteiger partial charge in [0.1, 0.15) is 0 Å². The minimum absolute atomic E-state index is 0.676. The molecular formula is C10H12O3. The van der Waals surface area contributed by atoms with Gasteiger partial charge in [0.15, 0.2) is 6.10 Å². The van der Waals surface area contributed by atoms with E-state index in [-0.39, 0.29) is 0 Å². The standard InChI is InChI=1S/C10H12O3/c1-7-4-3-5-8(6-7)9(13-2)10(11)12/h3-6,9H,1-2H3,(H,11,12)/t9-/m0/s1. The smallest absolute Gasteiger partial charge is 0.337 e. The first-order valence-corrected chi connectivity index (χ1v) is 3.97. The normalized spacial score (nSPS) is 12.5. The average molecular weight is 180 g/mol. The molecule has 0 bridgehead atoms. The molecule has 0 unspecified atom stereocenters. The summed E-state index contributed by atoms with van der Waals surface area (Å²) in [6, 6.07) is 7.29. The van der Waals surface area contributed by atoms with Crippen LogP contribution in [0.1, 0.15) is 17.2 Å². The van der Waals surface area contributed by atoms with Crippen molar-refractivity contribution in [3.63, 3.8) is 0 Å². The Balaban J connectivity index is 2.98. The average Bonchev–Trinajstić information content (AvgIpc) is 2.04. The van der Waals surface area contributed by atoms with Crippen molar-refractivity contribution in [1.29, 1.82) is 0 Å². The van der Waals surface area contributed by atoms with E-state index in [2.05, 4.69) is 0 Å². The molecule has 0 saturated heterocycles. The number of carboxylic acid groups (broad SMARTS) is 1. The molecule has 0 aromatic heterocycles. The molecule has 0 aliphatic rings. The predicted molar refractivity (Wildman–Crippen MR) is 48.6 cm³/mol. The number of ether oxygens (including phenoxy) is 1. The summed E-state index contributed by atoms with van der Waals surface area (Å²) in [5.41, 5.74) is 1.70. The van der Waals surface area contributed by atoms with Gasteiger partial charge in [0.2, 0.25) is 0 Å². The fourth-order valence-corrected chi connectivity index (χ4v) is 1.21. The van der Waals surface area contributed by atoms with Crippen LogP contribution in [0.4, 0.5) is 0 Å². The second-order valence-corrected chi connectivity index (χ2v) is 2.87. The Labute approximate surface area is 77.0 Å². The van der Waals surface area contributed by atoms with E-state index in [1.165, 1.54) is 7.11 Å². The topological polar surface area (TPSA) is 46.5 Å². The third kappa shape index (κ3) is 2.29. The van der Waals surface area contributed by atoms with Crippen LogP contribution < -0.4 is 0 Å². The maximum absolute atomic E-state index is 10.7. The second kappa shape index (κ2) is 4.05. The summed E-state index contributed by atoms with van der Waals surface area (Å²) in [6.07, 6.45) is -0.861. The fourth-order valence-electron chi connectivity index (χ4n) is 1.21. The van der Waals surface area contributed by atoms with Crippen LogP contribution in [0.25, 0.3) is 0 Å². The van der Waals surface area contributed by atoms with Crippen molar-refractivity contribution >= 4 is 5.97 Å². The van der Waals surface area contributed by atoms with Crippen molar-refractivity contribution in [2.45, 2.75) is 13.0 Å². The SMILES string of the molecule is CO[C@H](C(=O)O)c1cccc(C)c1. The third-order valence-corrected chi connectivity index (χ3v) is 1.80. The van der Waals surface area contributed by atoms with Gasteiger partial charge in [0, 0.05) is 7.11 Å². The molecule has 0 aliphatic carbocycles. The number of carbonyl (C=O) groups is 1. The minimum Gasteiger partial charge on any atom is -0.479 e. The molecule has 1 aromatic rings. The first-order valence-electron chi connectivity index (χ1n) is 3.97. The van der Waals surface area contributed by atoms with E-state index < -0.39 is 12.1 Å². The Morgan fingerprint density at radius 3 is 2.69 bits per heavy atom. The van der Waals surface area contributed by atoms with Gasteiger partial charge in [-0.1, -0.05) is 29.8 Å². The highest BCUT2D eigenvalue weighted by atomic mass is 16.5. The molecule has 0 saturated carbocycles. The number of methoxy groups -OCH3 is 1. The van der Waals surface area contributed by atoms with E-state index >= 15 is 0 Å². The van der Waals surface area contributed by atoms with Crippen molar-refractivity contribution in [3.8, 4) is 0 Å². The molecule has 0 radical (unpaired) electrons. The number of hydrogen-bond donors (Lipinski definition) is 1. The van der Waals surface area contributed by atoms with Gasteiger partial charge < -0.3 is 9.84 Å². The zero-order valence-electron chi connectivity index (χ0n) is 7.65. The molecule has 1 aromatic carbocycles. The summed E-state index contributed by atoms with van der Waals surface area (Å²) >= 11 is 0. The van der Waals surface area contributed by atoms with Crippen molar-refractivity contribution in [3.05, 3.63) is 35.4 Å². The molecule has 13 heavy (non-hydrogen) atoms. The first kappa shape index (κ1) is 9.74. The summed E-state index contributed by atoms with van der Waals surface area (Å²) in [5.74, 6) is -0.965. The van der Waals surface area contributed by atoms with Crippen LogP contribution in [0.15, 0.2) is 24.3 Å². The Morgan fingerprint density at radius 2 is 2.23 bits per heavy atom. The fraction of sp³-hybridized carbons (Fsp3) is 0.300. The lowest BCUT2D eigenvalue weighted by molar-refractivity contribution is -0.148. The number of carboxylic acids is 1. The van der Waals surface area contributed by atoms with E-state index in [1.807, 2.05) is 25.1 Å². The van der Waals surface area contributed by atoms with Crippen molar-refractivity contribution < 1.29 is 14.6 Å². The van der Waals surface area contributed by atoms with Gasteiger partial charge in [-0.05, 0) is 12.5 Å². The van der Waals surface area contributed by atoms with Crippen molar-refractivity contribution in [2.24, 2.45) is 0 Å². The van der Waals surface area contributed by atoms with Crippen LogP contribution in [-0.4, -0.2) is 18.2 Å². The Bertz CT molecular complexity index is 307. The van der Waals surface area contributed by atoms with Gasteiger partial charge in [0.05, 0.1) is 0 Å². The van der Waals surface area contributed by atoms with Crippen LogP contribution in [0.3, 0.4) is 0 Å².